The van der Waals surface area contributed by atoms with Crippen LogP contribution in [0.25, 0.3) is 0 Å². The first-order chi connectivity index (χ1) is 8.45. The van der Waals surface area contributed by atoms with Crippen LogP contribution in [0, 0.1) is 0 Å². The quantitative estimate of drug-likeness (QED) is 0.405. The summed E-state index contributed by atoms with van der Waals surface area (Å²) in [4.78, 5) is 25.2. The predicted octanol–water partition coefficient (Wildman–Crippen LogP) is 1.30. The van der Waals surface area contributed by atoms with Crippen LogP contribution in [0.3, 0.4) is 0 Å². The van der Waals surface area contributed by atoms with Gasteiger partial charge in [0.1, 0.15) is 0 Å². The average Bonchev–Trinajstić information content (AvgIpc) is 2.32. The van der Waals surface area contributed by atoms with Crippen molar-refractivity contribution in [3.05, 3.63) is 0 Å². The topological polar surface area (TPSA) is 72.6 Å². The van der Waals surface area contributed by atoms with Gasteiger partial charge in [-0.25, -0.2) is 4.79 Å². The van der Waals surface area contributed by atoms with E-state index in [4.69, 9.17) is 10.5 Å². The summed E-state index contributed by atoms with van der Waals surface area (Å²) in [6, 6.07) is -1.16. The van der Waals surface area contributed by atoms with E-state index in [9.17, 15) is 9.59 Å². The van der Waals surface area contributed by atoms with Gasteiger partial charge in [0.05, 0.1) is 6.61 Å². The van der Waals surface area contributed by atoms with E-state index in [1.54, 1.807) is 11.8 Å². The molecule has 18 heavy (non-hydrogen) atoms. The highest BCUT2D eigenvalue weighted by molar-refractivity contribution is 6.01. The van der Waals surface area contributed by atoms with Crippen molar-refractivity contribution < 1.29 is 14.3 Å². The van der Waals surface area contributed by atoms with Gasteiger partial charge < -0.3 is 15.4 Å². The fraction of sp³-hybridized carbons (Fsp3) is 0.846. The third kappa shape index (κ3) is 5.49. The molecule has 0 saturated heterocycles. The van der Waals surface area contributed by atoms with Crippen LogP contribution in [-0.2, 0) is 14.3 Å². The number of carbonyl (C=O) groups excluding carboxylic acids is 2. The lowest BCUT2D eigenvalue weighted by Crippen LogP contribution is -2.51. The van der Waals surface area contributed by atoms with E-state index in [-0.39, 0.29) is 18.6 Å². The number of rotatable bonds is 8. The van der Waals surface area contributed by atoms with Crippen LogP contribution in [0.1, 0.15) is 47.0 Å². The van der Waals surface area contributed by atoms with Crippen molar-refractivity contribution in [3.63, 3.8) is 0 Å². The molecule has 1 amide bonds. The van der Waals surface area contributed by atoms with E-state index in [1.165, 1.54) is 0 Å². The van der Waals surface area contributed by atoms with Gasteiger partial charge in [-0.05, 0) is 27.2 Å². The first kappa shape index (κ1) is 16.9. The number of esters is 1. The van der Waals surface area contributed by atoms with Gasteiger partial charge >= 0.3 is 5.97 Å². The maximum absolute atomic E-state index is 12.1. The molecule has 0 aliphatic rings. The number of unbranched alkanes of at least 4 members (excludes halogenated alkanes) is 2. The number of nitrogens with two attached hydrogens (primary N) is 1. The molecule has 0 rings (SSSR count). The van der Waals surface area contributed by atoms with E-state index in [1.807, 2.05) is 13.8 Å². The Kier molecular flexibility index (Phi) is 8.37. The Hall–Kier alpha value is -1.10. The molecule has 0 aromatic rings. The SMILES string of the molecule is CCCCCN(C(=O)C(N)C(=O)OCC)C(C)C. The van der Waals surface area contributed by atoms with E-state index in [0.717, 1.165) is 19.3 Å². The number of hydrogen-bond donors (Lipinski definition) is 1. The van der Waals surface area contributed by atoms with E-state index in [0.29, 0.717) is 6.54 Å². The minimum Gasteiger partial charge on any atom is -0.464 e. The van der Waals surface area contributed by atoms with Crippen molar-refractivity contribution in [2.75, 3.05) is 13.2 Å². The lowest BCUT2D eigenvalue weighted by molar-refractivity contribution is -0.151. The number of nitrogens with zero attached hydrogens (tertiary/aromatic N) is 1. The number of ether oxygens (including phenoxy) is 1. The molecule has 106 valence electrons. The molecule has 0 bridgehead atoms. The Morgan fingerprint density at radius 1 is 1.22 bits per heavy atom. The standard InChI is InChI=1S/C13H26N2O3/c1-5-7-8-9-15(10(3)4)12(16)11(14)13(17)18-6-2/h10-11H,5-9,14H2,1-4H3. The molecule has 0 spiro atoms. The molecule has 0 aromatic carbocycles. The van der Waals surface area contributed by atoms with Crippen LogP contribution in [-0.4, -0.2) is 42.0 Å². The highest BCUT2D eigenvalue weighted by atomic mass is 16.5. The second-order valence-corrected chi connectivity index (χ2v) is 4.56. The van der Waals surface area contributed by atoms with Crippen molar-refractivity contribution in [2.24, 2.45) is 5.73 Å². The van der Waals surface area contributed by atoms with Gasteiger partial charge in [0, 0.05) is 12.6 Å². The molecule has 0 heterocycles. The zero-order chi connectivity index (χ0) is 14.1. The van der Waals surface area contributed by atoms with Gasteiger partial charge in [0.2, 0.25) is 0 Å². The lowest BCUT2D eigenvalue weighted by atomic mass is 10.2. The number of amides is 1. The van der Waals surface area contributed by atoms with Crippen molar-refractivity contribution >= 4 is 11.9 Å². The third-order valence-electron chi connectivity index (χ3n) is 2.72. The Balaban J connectivity index is 4.50. The maximum Gasteiger partial charge on any atom is 0.332 e. The van der Waals surface area contributed by atoms with Crippen LogP contribution in [0.15, 0.2) is 0 Å². The molecule has 5 heteroatoms. The fourth-order valence-corrected chi connectivity index (χ4v) is 1.67. The lowest BCUT2D eigenvalue weighted by Gasteiger charge is -2.28. The summed E-state index contributed by atoms with van der Waals surface area (Å²) in [5, 5.41) is 0. The van der Waals surface area contributed by atoms with Gasteiger partial charge in [0.15, 0.2) is 6.04 Å². The fourth-order valence-electron chi connectivity index (χ4n) is 1.67. The smallest absolute Gasteiger partial charge is 0.332 e. The predicted molar refractivity (Wildman–Crippen MR) is 71.0 cm³/mol. The van der Waals surface area contributed by atoms with Gasteiger partial charge in [-0.2, -0.15) is 0 Å². The molecule has 5 nitrogen and oxygen atoms in total. The molecule has 0 saturated carbocycles. The van der Waals surface area contributed by atoms with Gasteiger partial charge in [0.25, 0.3) is 5.91 Å². The molecule has 0 aromatic heterocycles. The van der Waals surface area contributed by atoms with Crippen LogP contribution in [0.2, 0.25) is 0 Å². The second-order valence-electron chi connectivity index (χ2n) is 4.56. The summed E-state index contributed by atoms with van der Waals surface area (Å²) in [6.45, 7) is 8.50. The minimum absolute atomic E-state index is 0.0369. The zero-order valence-corrected chi connectivity index (χ0v) is 11.9. The molecule has 2 N–H and O–H groups in total. The Morgan fingerprint density at radius 2 is 1.83 bits per heavy atom. The molecule has 1 atom stereocenters. The normalized spacial score (nSPS) is 12.3. The summed E-state index contributed by atoms with van der Waals surface area (Å²) < 4.78 is 4.77. The van der Waals surface area contributed by atoms with Crippen molar-refractivity contribution in [1.82, 2.24) is 4.90 Å². The molecule has 1 unspecified atom stereocenters. The highest BCUT2D eigenvalue weighted by Gasteiger charge is 2.29. The number of carbonyl (C=O) groups is 2. The van der Waals surface area contributed by atoms with Crippen LogP contribution >= 0.6 is 0 Å². The van der Waals surface area contributed by atoms with E-state index >= 15 is 0 Å². The minimum atomic E-state index is -1.20. The highest BCUT2D eigenvalue weighted by Crippen LogP contribution is 2.06. The van der Waals surface area contributed by atoms with E-state index in [2.05, 4.69) is 6.92 Å². The molecule has 0 aliphatic heterocycles. The summed E-state index contributed by atoms with van der Waals surface area (Å²) in [5.74, 6) is -0.997. The summed E-state index contributed by atoms with van der Waals surface area (Å²) >= 11 is 0. The Labute approximate surface area is 110 Å². The number of hydrogen-bond acceptors (Lipinski definition) is 4. The Morgan fingerprint density at radius 3 is 2.28 bits per heavy atom. The summed E-state index contributed by atoms with van der Waals surface area (Å²) in [6.07, 6.45) is 3.07. The third-order valence-corrected chi connectivity index (χ3v) is 2.72. The van der Waals surface area contributed by atoms with Crippen molar-refractivity contribution in [2.45, 2.75) is 59.0 Å². The monoisotopic (exact) mass is 258 g/mol. The van der Waals surface area contributed by atoms with Gasteiger partial charge in [-0.1, -0.05) is 19.8 Å². The average molecular weight is 258 g/mol. The molecule has 0 radical (unpaired) electrons. The largest absolute Gasteiger partial charge is 0.464 e. The zero-order valence-electron chi connectivity index (χ0n) is 11.9. The van der Waals surface area contributed by atoms with Gasteiger partial charge in [-0.3, -0.25) is 4.79 Å². The summed E-state index contributed by atoms with van der Waals surface area (Å²) in [5.41, 5.74) is 5.62. The van der Waals surface area contributed by atoms with Crippen LogP contribution < -0.4 is 5.73 Å². The second kappa shape index (κ2) is 8.91. The molecule has 0 aliphatic carbocycles. The van der Waals surface area contributed by atoms with E-state index < -0.39 is 12.0 Å². The van der Waals surface area contributed by atoms with Crippen molar-refractivity contribution in [3.8, 4) is 0 Å². The first-order valence-electron chi connectivity index (χ1n) is 6.68. The molecular formula is C13H26N2O3. The molecular weight excluding hydrogens is 232 g/mol. The molecule has 0 fully saturated rings. The maximum atomic E-state index is 12.1. The Bertz CT molecular complexity index is 267. The van der Waals surface area contributed by atoms with Crippen molar-refractivity contribution in [1.29, 1.82) is 0 Å². The van der Waals surface area contributed by atoms with Gasteiger partial charge in [-0.15, -0.1) is 0 Å². The first-order valence-corrected chi connectivity index (χ1v) is 6.68. The van der Waals surface area contributed by atoms with Crippen LogP contribution in [0.4, 0.5) is 0 Å². The summed E-state index contributed by atoms with van der Waals surface area (Å²) in [7, 11) is 0. The van der Waals surface area contributed by atoms with Crippen LogP contribution in [0.5, 0.6) is 0 Å².